The predicted octanol–water partition coefficient (Wildman–Crippen LogP) is 2.64. The Morgan fingerprint density at radius 1 is 1.40 bits per heavy atom. The molecule has 1 spiro atoms. The van der Waals surface area contributed by atoms with E-state index in [1.807, 2.05) is 0 Å². The van der Waals surface area contributed by atoms with Crippen LogP contribution in [0.4, 0.5) is 0 Å². The number of hydrogen-bond acceptors (Lipinski definition) is 2. The number of hydrogen-bond donors (Lipinski definition) is 0. The van der Waals surface area contributed by atoms with Crippen molar-refractivity contribution >= 4 is 15.9 Å². The molecular formula is C12H13BrO2. The van der Waals surface area contributed by atoms with Crippen LogP contribution in [0, 0.1) is 0 Å². The van der Waals surface area contributed by atoms with Gasteiger partial charge in [0.05, 0.1) is 31.3 Å². The summed E-state index contributed by atoms with van der Waals surface area (Å²) in [5.41, 5.74) is 2.82. The number of benzene rings is 1. The highest BCUT2D eigenvalue weighted by atomic mass is 79.9. The highest BCUT2D eigenvalue weighted by Crippen LogP contribution is 2.43. The van der Waals surface area contributed by atoms with Gasteiger partial charge < -0.3 is 9.47 Å². The highest BCUT2D eigenvalue weighted by Gasteiger charge is 2.49. The molecule has 1 aromatic carbocycles. The van der Waals surface area contributed by atoms with Gasteiger partial charge in [-0.2, -0.15) is 0 Å². The minimum Gasteiger partial charge on any atom is -0.379 e. The fourth-order valence-corrected chi connectivity index (χ4v) is 2.80. The second-order valence-electron chi connectivity index (χ2n) is 4.40. The molecule has 3 rings (SSSR count). The fraction of sp³-hybridized carbons (Fsp3) is 0.500. The first kappa shape index (κ1) is 9.82. The molecule has 1 saturated heterocycles. The molecule has 2 aliphatic heterocycles. The molecule has 2 aliphatic rings. The smallest absolute Gasteiger partial charge is 0.0723 e. The Balaban J connectivity index is 2.14. The highest BCUT2D eigenvalue weighted by molar-refractivity contribution is 9.10. The first-order chi connectivity index (χ1) is 7.22. The molecule has 0 bridgehead atoms. The zero-order valence-corrected chi connectivity index (χ0v) is 10.2. The molecule has 2 nitrogen and oxygen atoms in total. The lowest BCUT2D eigenvalue weighted by molar-refractivity contribution is -0.148. The van der Waals surface area contributed by atoms with Gasteiger partial charge in [-0.15, -0.1) is 0 Å². The fourth-order valence-electron chi connectivity index (χ4n) is 2.44. The van der Waals surface area contributed by atoms with Crippen molar-refractivity contribution in [3.63, 3.8) is 0 Å². The van der Waals surface area contributed by atoms with Crippen molar-refractivity contribution in [2.24, 2.45) is 0 Å². The lowest BCUT2D eigenvalue weighted by Gasteiger charge is -2.49. The average Bonchev–Trinajstić information content (AvgIpc) is 2.14. The van der Waals surface area contributed by atoms with E-state index in [4.69, 9.17) is 9.47 Å². The third-order valence-electron chi connectivity index (χ3n) is 3.59. The van der Waals surface area contributed by atoms with Crippen molar-refractivity contribution in [2.45, 2.75) is 25.0 Å². The minimum absolute atomic E-state index is 0.108. The Morgan fingerprint density at radius 3 is 2.87 bits per heavy atom. The van der Waals surface area contributed by atoms with E-state index in [1.54, 1.807) is 0 Å². The summed E-state index contributed by atoms with van der Waals surface area (Å²) in [5.74, 6) is 0. The topological polar surface area (TPSA) is 18.5 Å². The molecule has 0 N–H and O–H groups in total. The molecule has 1 fully saturated rings. The summed E-state index contributed by atoms with van der Waals surface area (Å²) in [7, 11) is 0. The van der Waals surface area contributed by atoms with Gasteiger partial charge in [0.1, 0.15) is 0 Å². The van der Waals surface area contributed by atoms with Gasteiger partial charge >= 0.3 is 0 Å². The van der Waals surface area contributed by atoms with Crippen molar-refractivity contribution in [1.29, 1.82) is 0 Å². The molecule has 80 valence electrons. The van der Waals surface area contributed by atoms with E-state index in [-0.39, 0.29) is 11.5 Å². The summed E-state index contributed by atoms with van der Waals surface area (Å²) < 4.78 is 12.3. The van der Waals surface area contributed by atoms with Gasteiger partial charge in [0.25, 0.3) is 0 Å². The van der Waals surface area contributed by atoms with Gasteiger partial charge in [-0.1, -0.05) is 22.0 Å². The maximum absolute atomic E-state index is 5.81. The summed E-state index contributed by atoms with van der Waals surface area (Å²) in [4.78, 5) is 0. The second-order valence-corrected chi connectivity index (χ2v) is 5.32. The van der Waals surface area contributed by atoms with Gasteiger partial charge in [-0.05, 0) is 30.2 Å². The van der Waals surface area contributed by atoms with Crippen LogP contribution in [0.2, 0.25) is 0 Å². The molecule has 0 amide bonds. The second kappa shape index (κ2) is 3.30. The van der Waals surface area contributed by atoms with Crippen LogP contribution in [0.15, 0.2) is 22.7 Å². The molecule has 0 radical (unpaired) electrons. The summed E-state index contributed by atoms with van der Waals surface area (Å²) >= 11 is 3.53. The molecule has 1 aromatic rings. The van der Waals surface area contributed by atoms with Crippen molar-refractivity contribution in [3.8, 4) is 0 Å². The average molecular weight is 269 g/mol. The van der Waals surface area contributed by atoms with Crippen LogP contribution in [0.25, 0.3) is 0 Å². The van der Waals surface area contributed by atoms with E-state index in [1.165, 1.54) is 11.1 Å². The molecular weight excluding hydrogens is 256 g/mol. The third-order valence-corrected chi connectivity index (χ3v) is 4.09. The zero-order valence-electron chi connectivity index (χ0n) is 8.63. The normalized spacial score (nSPS) is 27.2. The number of halogens is 1. The van der Waals surface area contributed by atoms with Crippen molar-refractivity contribution in [1.82, 2.24) is 0 Å². The molecule has 0 aromatic heterocycles. The molecule has 2 heterocycles. The third kappa shape index (κ3) is 1.30. The first-order valence-electron chi connectivity index (χ1n) is 5.21. The van der Waals surface area contributed by atoms with E-state index in [0.29, 0.717) is 0 Å². The van der Waals surface area contributed by atoms with Crippen molar-refractivity contribution in [2.75, 3.05) is 13.2 Å². The van der Waals surface area contributed by atoms with Gasteiger partial charge in [-0.3, -0.25) is 0 Å². The quantitative estimate of drug-likeness (QED) is 0.720. The monoisotopic (exact) mass is 268 g/mol. The Morgan fingerprint density at radius 2 is 2.20 bits per heavy atom. The largest absolute Gasteiger partial charge is 0.379 e. The Labute approximate surface area is 97.7 Å². The summed E-state index contributed by atoms with van der Waals surface area (Å²) in [6.07, 6.45) is 0.257. The predicted molar refractivity (Wildman–Crippen MR) is 60.9 cm³/mol. The van der Waals surface area contributed by atoms with E-state index >= 15 is 0 Å². The number of fused-ring (bicyclic) bond motifs is 2. The van der Waals surface area contributed by atoms with E-state index in [2.05, 4.69) is 41.1 Å². The lowest BCUT2D eigenvalue weighted by atomic mass is 9.71. The van der Waals surface area contributed by atoms with Crippen LogP contribution in [0.5, 0.6) is 0 Å². The van der Waals surface area contributed by atoms with Crippen LogP contribution >= 0.6 is 15.9 Å². The molecule has 0 saturated carbocycles. The Hall–Kier alpha value is -0.380. The standard InChI is InChI=1S/C12H13BrO2/c1-8-12(6-14-7-12)11-4-10(13)3-2-9(11)5-15-8/h2-4,8H,5-7H2,1H3/t8-/m0/s1. The van der Waals surface area contributed by atoms with Crippen LogP contribution in [-0.4, -0.2) is 19.3 Å². The van der Waals surface area contributed by atoms with Gasteiger partial charge in [0, 0.05) is 4.47 Å². The lowest BCUT2D eigenvalue weighted by Crippen LogP contribution is -2.57. The van der Waals surface area contributed by atoms with E-state index < -0.39 is 0 Å². The van der Waals surface area contributed by atoms with Gasteiger partial charge in [0.2, 0.25) is 0 Å². The summed E-state index contributed by atoms with van der Waals surface area (Å²) in [6, 6.07) is 6.44. The van der Waals surface area contributed by atoms with E-state index in [0.717, 1.165) is 24.3 Å². The SMILES string of the molecule is C[C@@H]1OCc2ccc(Br)cc2C12COC2. The van der Waals surface area contributed by atoms with Crippen LogP contribution in [-0.2, 0) is 21.5 Å². The molecule has 0 unspecified atom stereocenters. The van der Waals surface area contributed by atoms with Gasteiger partial charge in [0.15, 0.2) is 0 Å². The zero-order chi connectivity index (χ0) is 10.5. The molecule has 0 aliphatic carbocycles. The minimum atomic E-state index is 0.108. The molecule has 1 atom stereocenters. The number of ether oxygens (including phenoxy) is 2. The van der Waals surface area contributed by atoms with Crippen LogP contribution in [0.1, 0.15) is 18.1 Å². The Bertz CT molecular complexity index is 399. The maximum Gasteiger partial charge on any atom is 0.0723 e. The van der Waals surface area contributed by atoms with Crippen molar-refractivity contribution < 1.29 is 9.47 Å². The van der Waals surface area contributed by atoms with Gasteiger partial charge in [-0.25, -0.2) is 0 Å². The molecule has 15 heavy (non-hydrogen) atoms. The van der Waals surface area contributed by atoms with Crippen LogP contribution < -0.4 is 0 Å². The first-order valence-corrected chi connectivity index (χ1v) is 6.00. The van der Waals surface area contributed by atoms with Crippen molar-refractivity contribution in [3.05, 3.63) is 33.8 Å². The number of rotatable bonds is 0. The van der Waals surface area contributed by atoms with Crippen LogP contribution in [0.3, 0.4) is 0 Å². The summed E-state index contributed by atoms with van der Waals surface area (Å²) in [5, 5.41) is 0. The summed E-state index contributed by atoms with van der Waals surface area (Å²) in [6.45, 7) is 4.45. The Kier molecular flexibility index (Phi) is 2.16. The van der Waals surface area contributed by atoms with E-state index in [9.17, 15) is 0 Å². The molecule has 3 heteroatoms. The maximum atomic E-state index is 5.81.